The van der Waals surface area contributed by atoms with Gasteiger partial charge < -0.3 is 17.2 Å². The first-order valence-corrected chi connectivity index (χ1v) is 5.34. The summed E-state index contributed by atoms with van der Waals surface area (Å²) in [6.45, 7) is 0.113. The van der Waals surface area contributed by atoms with Gasteiger partial charge in [-0.25, -0.2) is 8.42 Å². The highest BCUT2D eigenvalue weighted by atomic mass is 32.2. The predicted octanol–water partition coefficient (Wildman–Crippen LogP) is -1.86. The molecule has 0 aromatic carbocycles. The van der Waals surface area contributed by atoms with Crippen molar-refractivity contribution in [3.63, 3.8) is 0 Å². The van der Waals surface area contributed by atoms with E-state index in [2.05, 4.69) is 4.72 Å². The normalized spacial score (nSPS) is 14.3. The lowest BCUT2D eigenvalue weighted by Gasteiger charge is -2.07. The Morgan fingerprint density at radius 1 is 1.54 bits per heavy atom. The van der Waals surface area contributed by atoms with E-state index in [4.69, 9.17) is 17.2 Å². The molecule has 0 saturated carbocycles. The zero-order valence-electron chi connectivity index (χ0n) is 7.32. The molecule has 13 heavy (non-hydrogen) atoms. The van der Waals surface area contributed by atoms with Crippen LogP contribution in [0, 0.1) is 0 Å². The molecule has 0 aliphatic rings. The van der Waals surface area contributed by atoms with E-state index < -0.39 is 10.0 Å². The Hall–Kier alpha value is -1.21. The summed E-state index contributed by atoms with van der Waals surface area (Å²) in [6.07, 6.45) is 3.67. The third-order valence-corrected chi connectivity index (χ3v) is 1.75. The first kappa shape index (κ1) is 11.8. The SMILES string of the molecule is CS(=O)(=O)N/C(N)=C(/C=C\N)CN. The van der Waals surface area contributed by atoms with E-state index in [-0.39, 0.29) is 12.4 Å². The molecule has 76 valence electrons. The van der Waals surface area contributed by atoms with E-state index in [1.165, 1.54) is 12.3 Å². The molecular weight excluding hydrogens is 192 g/mol. The molecule has 6 nitrogen and oxygen atoms in total. The largest absolute Gasteiger partial charge is 0.405 e. The van der Waals surface area contributed by atoms with Crippen LogP contribution >= 0.6 is 0 Å². The van der Waals surface area contributed by atoms with Crippen LogP contribution in [0.4, 0.5) is 0 Å². The van der Waals surface area contributed by atoms with E-state index in [1.54, 1.807) is 0 Å². The fraction of sp³-hybridized carbons (Fsp3) is 0.333. The van der Waals surface area contributed by atoms with Gasteiger partial charge in [0.15, 0.2) is 0 Å². The number of rotatable bonds is 4. The summed E-state index contributed by atoms with van der Waals surface area (Å²) in [7, 11) is -3.36. The maximum Gasteiger partial charge on any atom is 0.230 e. The zero-order chi connectivity index (χ0) is 10.5. The number of nitrogens with one attached hydrogen (secondary N) is 1. The molecule has 0 spiro atoms. The fourth-order valence-electron chi connectivity index (χ4n) is 0.649. The van der Waals surface area contributed by atoms with Crippen molar-refractivity contribution >= 4 is 10.0 Å². The van der Waals surface area contributed by atoms with Gasteiger partial charge in [0.1, 0.15) is 5.82 Å². The highest BCUT2D eigenvalue weighted by Gasteiger charge is 2.04. The summed E-state index contributed by atoms with van der Waals surface area (Å²) in [4.78, 5) is 0. The first-order valence-electron chi connectivity index (χ1n) is 3.45. The van der Waals surface area contributed by atoms with Crippen LogP contribution in [0.15, 0.2) is 23.7 Å². The minimum absolute atomic E-state index is 0.00769. The standard InChI is InChI=1S/C6H14N4O2S/c1-13(11,12)10-6(9)5(4-8)2-3-7/h2-3,10H,4,7-9H2,1H3/b3-2-,6-5-. The molecule has 7 heteroatoms. The Kier molecular flexibility index (Phi) is 4.29. The van der Waals surface area contributed by atoms with Gasteiger partial charge in [-0.15, -0.1) is 0 Å². The van der Waals surface area contributed by atoms with Crippen LogP contribution in [0.5, 0.6) is 0 Å². The van der Waals surface area contributed by atoms with Crippen molar-refractivity contribution in [2.75, 3.05) is 12.8 Å². The summed E-state index contributed by atoms with van der Waals surface area (Å²) in [5, 5.41) is 0. The average molecular weight is 206 g/mol. The van der Waals surface area contributed by atoms with Crippen LogP contribution in [-0.2, 0) is 10.0 Å². The van der Waals surface area contributed by atoms with Crippen LogP contribution in [-0.4, -0.2) is 21.2 Å². The number of nitrogens with two attached hydrogens (primary N) is 3. The Balaban J connectivity index is 4.77. The lowest BCUT2D eigenvalue weighted by atomic mass is 10.2. The summed E-state index contributed by atoms with van der Waals surface area (Å²) in [5.74, 6) is -0.00769. The molecule has 0 aromatic rings. The van der Waals surface area contributed by atoms with Crippen molar-refractivity contribution < 1.29 is 8.42 Å². The van der Waals surface area contributed by atoms with Gasteiger partial charge in [-0.1, -0.05) is 0 Å². The van der Waals surface area contributed by atoms with E-state index >= 15 is 0 Å². The molecule has 0 aliphatic carbocycles. The molecule has 0 heterocycles. The monoisotopic (exact) mass is 206 g/mol. The maximum absolute atomic E-state index is 10.7. The lowest BCUT2D eigenvalue weighted by molar-refractivity contribution is 0.594. The Labute approximate surface area is 77.5 Å². The molecule has 0 saturated heterocycles. The first-order chi connectivity index (χ1) is 5.90. The number of sulfonamides is 1. The van der Waals surface area contributed by atoms with Crippen molar-refractivity contribution in [2.45, 2.75) is 0 Å². The fourth-order valence-corrected chi connectivity index (χ4v) is 1.18. The van der Waals surface area contributed by atoms with E-state index in [0.29, 0.717) is 5.57 Å². The van der Waals surface area contributed by atoms with E-state index in [1.807, 2.05) is 0 Å². The second kappa shape index (κ2) is 4.73. The molecular formula is C6H14N4O2S. The minimum atomic E-state index is -3.36. The van der Waals surface area contributed by atoms with Crippen LogP contribution in [0.3, 0.4) is 0 Å². The third-order valence-electron chi connectivity index (χ3n) is 1.16. The van der Waals surface area contributed by atoms with Gasteiger partial charge in [0.2, 0.25) is 10.0 Å². The summed E-state index contributed by atoms with van der Waals surface area (Å²) in [5.41, 5.74) is 16.2. The highest BCUT2D eigenvalue weighted by molar-refractivity contribution is 7.88. The van der Waals surface area contributed by atoms with Crippen molar-refractivity contribution in [2.24, 2.45) is 17.2 Å². The van der Waals surface area contributed by atoms with Gasteiger partial charge >= 0.3 is 0 Å². The van der Waals surface area contributed by atoms with Gasteiger partial charge in [0, 0.05) is 12.1 Å². The minimum Gasteiger partial charge on any atom is -0.405 e. The van der Waals surface area contributed by atoms with Crippen molar-refractivity contribution in [1.29, 1.82) is 0 Å². The molecule has 0 atom stereocenters. The van der Waals surface area contributed by atoms with Crippen LogP contribution in [0.25, 0.3) is 0 Å². The third kappa shape index (κ3) is 5.10. The topological polar surface area (TPSA) is 124 Å². The summed E-state index contributed by atoms with van der Waals surface area (Å²) >= 11 is 0. The zero-order valence-corrected chi connectivity index (χ0v) is 8.14. The van der Waals surface area contributed by atoms with Crippen LogP contribution in [0.1, 0.15) is 0 Å². The van der Waals surface area contributed by atoms with Gasteiger partial charge in [-0.05, 0) is 12.3 Å². The van der Waals surface area contributed by atoms with Gasteiger partial charge in [0.05, 0.1) is 6.26 Å². The predicted molar refractivity (Wildman–Crippen MR) is 51.6 cm³/mol. The molecule has 0 fully saturated rings. The second-order valence-corrected chi connectivity index (χ2v) is 4.12. The Morgan fingerprint density at radius 3 is 2.38 bits per heavy atom. The molecule has 0 bridgehead atoms. The molecule has 0 rings (SSSR count). The average Bonchev–Trinajstić information content (AvgIpc) is 1.96. The van der Waals surface area contributed by atoms with Crippen LogP contribution < -0.4 is 21.9 Å². The smallest absolute Gasteiger partial charge is 0.230 e. The van der Waals surface area contributed by atoms with Crippen molar-refractivity contribution in [3.05, 3.63) is 23.7 Å². The van der Waals surface area contributed by atoms with Crippen molar-refractivity contribution in [3.8, 4) is 0 Å². The maximum atomic E-state index is 10.7. The number of hydrogen-bond acceptors (Lipinski definition) is 5. The summed E-state index contributed by atoms with van der Waals surface area (Å²) < 4.78 is 23.6. The van der Waals surface area contributed by atoms with E-state index in [9.17, 15) is 8.42 Å². The molecule has 0 aliphatic heterocycles. The molecule has 0 radical (unpaired) electrons. The lowest BCUT2D eigenvalue weighted by Crippen LogP contribution is -2.29. The number of hydrogen-bond donors (Lipinski definition) is 4. The van der Waals surface area contributed by atoms with Gasteiger partial charge in [0.25, 0.3) is 0 Å². The van der Waals surface area contributed by atoms with E-state index in [0.717, 1.165) is 6.26 Å². The molecule has 0 aromatic heterocycles. The highest BCUT2D eigenvalue weighted by Crippen LogP contribution is 1.96. The quantitative estimate of drug-likeness (QED) is 0.401. The molecule has 0 unspecified atom stereocenters. The van der Waals surface area contributed by atoms with Gasteiger partial charge in [-0.3, -0.25) is 4.72 Å². The van der Waals surface area contributed by atoms with Crippen molar-refractivity contribution in [1.82, 2.24) is 4.72 Å². The Bertz CT molecular complexity index is 318. The molecule has 7 N–H and O–H groups in total. The second-order valence-electron chi connectivity index (χ2n) is 2.38. The molecule has 0 amide bonds. The Morgan fingerprint density at radius 2 is 2.08 bits per heavy atom. The summed E-state index contributed by atoms with van der Waals surface area (Å²) in [6, 6.07) is 0. The van der Waals surface area contributed by atoms with Gasteiger partial charge in [-0.2, -0.15) is 0 Å². The van der Waals surface area contributed by atoms with Crippen LogP contribution in [0.2, 0.25) is 0 Å².